The lowest BCUT2D eigenvalue weighted by molar-refractivity contribution is -0.117. The van der Waals surface area contributed by atoms with Gasteiger partial charge in [0.1, 0.15) is 6.54 Å². The molecule has 3 aromatic rings. The summed E-state index contributed by atoms with van der Waals surface area (Å²) < 4.78 is 1.43. The monoisotopic (exact) mass is 446 g/mol. The molecule has 33 heavy (non-hydrogen) atoms. The largest absolute Gasteiger partial charge is 0.324 e. The molecule has 0 bridgehead atoms. The minimum atomic E-state index is -0.426. The number of nitrogens with one attached hydrogen (secondary N) is 1. The van der Waals surface area contributed by atoms with Crippen LogP contribution in [0.5, 0.6) is 0 Å². The second-order valence-corrected chi connectivity index (χ2v) is 8.86. The van der Waals surface area contributed by atoms with Crippen LogP contribution in [0.1, 0.15) is 50.2 Å². The lowest BCUT2D eigenvalue weighted by atomic mass is 9.94. The van der Waals surface area contributed by atoms with Crippen LogP contribution in [-0.4, -0.2) is 27.4 Å². The van der Waals surface area contributed by atoms with E-state index in [2.05, 4.69) is 10.3 Å². The summed E-state index contributed by atoms with van der Waals surface area (Å²) in [4.78, 5) is 45.3. The second-order valence-electron chi connectivity index (χ2n) is 8.86. The predicted molar refractivity (Wildman–Crippen MR) is 131 cm³/mol. The summed E-state index contributed by atoms with van der Waals surface area (Å²) in [5.74, 6) is -0.404. The summed E-state index contributed by atoms with van der Waals surface area (Å²) in [7, 11) is 0. The predicted octanol–water partition coefficient (Wildman–Crippen LogP) is 4.34. The van der Waals surface area contributed by atoms with E-state index in [-0.39, 0.29) is 30.2 Å². The van der Waals surface area contributed by atoms with Gasteiger partial charge in [-0.3, -0.25) is 23.9 Å². The average molecular weight is 447 g/mol. The second kappa shape index (κ2) is 9.57. The number of nitrogens with zero attached hydrogens (tertiary/aromatic N) is 3. The van der Waals surface area contributed by atoms with E-state index in [1.807, 2.05) is 44.2 Å². The van der Waals surface area contributed by atoms with Crippen molar-refractivity contribution in [1.29, 1.82) is 0 Å². The first-order valence-electron chi connectivity index (χ1n) is 11.5. The van der Waals surface area contributed by atoms with E-state index >= 15 is 0 Å². The van der Waals surface area contributed by atoms with Crippen LogP contribution in [0.2, 0.25) is 0 Å². The van der Waals surface area contributed by atoms with E-state index in [4.69, 9.17) is 0 Å². The van der Waals surface area contributed by atoms with E-state index in [0.717, 1.165) is 43.2 Å². The van der Waals surface area contributed by atoms with Crippen molar-refractivity contribution < 1.29 is 9.59 Å². The highest BCUT2D eigenvalue weighted by Crippen LogP contribution is 2.26. The standard InChI is InChI=1S/C26H30N4O3/c1-17-13-14-21(18(2)15-17)27-24(32)16-29-23-12-8-7-11-22(23)28-25(26(29)33)30(19(3)31)20-9-5-4-6-10-20/h7-8,11-15,20H,4-6,9-10,16H2,1-3H3,(H,27,32). The minimum absolute atomic E-state index is 0.0462. The van der Waals surface area contributed by atoms with Crippen molar-refractivity contribution in [3.63, 3.8) is 0 Å². The van der Waals surface area contributed by atoms with Gasteiger partial charge in [-0.1, -0.05) is 49.1 Å². The van der Waals surface area contributed by atoms with Crippen LogP contribution in [0, 0.1) is 13.8 Å². The van der Waals surface area contributed by atoms with Crippen LogP contribution < -0.4 is 15.8 Å². The quantitative estimate of drug-likeness (QED) is 0.632. The molecule has 172 valence electrons. The molecular formula is C26H30N4O3. The maximum Gasteiger partial charge on any atom is 0.294 e. The molecule has 1 saturated carbocycles. The summed E-state index contributed by atoms with van der Waals surface area (Å²) in [6, 6.07) is 13.0. The molecule has 2 amide bonds. The van der Waals surface area contributed by atoms with E-state index in [0.29, 0.717) is 16.7 Å². The molecule has 7 nitrogen and oxygen atoms in total. The molecule has 1 aliphatic rings. The third-order valence-electron chi connectivity index (χ3n) is 6.30. The molecule has 7 heteroatoms. The van der Waals surface area contributed by atoms with Gasteiger partial charge in [0.15, 0.2) is 0 Å². The number of rotatable bonds is 5. The third-order valence-corrected chi connectivity index (χ3v) is 6.30. The van der Waals surface area contributed by atoms with Gasteiger partial charge in [-0.2, -0.15) is 0 Å². The van der Waals surface area contributed by atoms with Gasteiger partial charge in [0.05, 0.1) is 11.0 Å². The van der Waals surface area contributed by atoms with Gasteiger partial charge in [0.2, 0.25) is 17.6 Å². The fraction of sp³-hybridized carbons (Fsp3) is 0.385. The summed E-state index contributed by atoms with van der Waals surface area (Å²) in [6.45, 7) is 5.24. The first-order chi connectivity index (χ1) is 15.8. The van der Waals surface area contributed by atoms with E-state index in [1.54, 1.807) is 17.0 Å². The lowest BCUT2D eigenvalue weighted by Crippen LogP contribution is -2.45. The Labute approximate surface area is 193 Å². The maximum atomic E-state index is 13.6. The summed E-state index contributed by atoms with van der Waals surface area (Å²) in [5, 5.41) is 2.91. The zero-order valence-electron chi connectivity index (χ0n) is 19.4. The van der Waals surface area contributed by atoms with Crippen LogP contribution in [0.3, 0.4) is 0 Å². The Morgan fingerprint density at radius 1 is 1.09 bits per heavy atom. The number of carbonyl (C=O) groups excluding carboxylic acids is 2. The molecule has 1 N–H and O–H groups in total. The minimum Gasteiger partial charge on any atom is -0.324 e. The zero-order chi connectivity index (χ0) is 23.5. The Balaban J connectivity index is 1.74. The van der Waals surface area contributed by atoms with E-state index in [1.165, 1.54) is 11.5 Å². The number of hydrogen-bond acceptors (Lipinski definition) is 4. The molecule has 2 aromatic carbocycles. The number of hydrogen-bond donors (Lipinski definition) is 1. The zero-order valence-corrected chi connectivity index (χ0v) is 19.4. The number of fused-ring (bicyclic) bond motifs is 1. The molecular weight excluding hydrogens is 416 g/mol. The molecule has 1 heterocycles. The highest BCUT2D eigenvalue weighted by Gasteiger charge is 2.29. The summed E-state index contributed by atoms with van der Waals surface area (Å²) >= 11 is 0. The Bertz CT molecular complexity index is 1260. The van der Waals surface area contributed by atoms with Crippen molar-refractivity contribution in [2.45, 2.75) is 65.5 Å². The number of aromatic nitrogens is 2. The van der Waals surface area contributed by atoms with Crippen molar-refractivity contribution in [3.8, 4) is 0 Å². The number of carbonyl (C=O) groups is 2. The van der Waals surface area contributed by atoms with Gasteiger partial charge < -0.3 is 5.32 Å². The van der Waals surface area contributed by atoms with Gasteiger partial charge in [0, 0.05) is 18.7 Å². The first-order valence-corrected chi connectivity index (χ1v) is 11.5. The van der Waals surface area contributed by atoms with Gasteiger partial charge in [-0.25, -0.2) is 4.98 Å². The van der Waals surface area contributed by atoms with Crippen LogP contribution >= 0.6 is 0 Å². The van der Waals surface area contributed by atoms with Gasteiger partial charge in [-0.15, -0.1) is 0 Å². The number of aryl methyl sites for hydroxylation is 2. The molecule has 0 atom stereocenters. The first kappa shape index (κ1) is 22.7. The normalized spacial score (nSPS) is 14.3. The summed E-state index contributed by atoms with van der Waals surface area (Å²) in [5.41, 5.74) is 3.49. The van der Waals surface area contributed by atoms with Crippen LogP contribution in [0.15, 0.2) is 47.3 Å². The molecule has 1 aromatic heterocycles. The average Bonchev–Trinajstić information content (AvgIpc) is 2.79. The lowest BCUT2D eigenvalue weighted by Gasteiger charge is -2.32. The molecule has 0 aliphatic heterocycles. The van der Waals surface area contributed by atoms with Gasteiger partial charge in [0.25, 0.3) is 5.56 Å². The molecule has 1 aliphatic carbocycles. The van der Waals surface area contributed by atoms with Gasteiger partial charge >= 0.3 is 0 Å². The van der Waals surface area contributed by atoms with Gasteiger partial charge in [-0.05, 0) is 50.5 Å². The Morgan fingerprint density at radius 3 is 2.52 bits per heavy atom. The van der Waals surface area contributed by atoms with Crippen LogP contribution in [0.4, 0.5) is 11.5 Å². The molecule has 0 spiro atoms. The molecule has 0 radical (unpaired) electrons. The Morgan fingerprint density at radius 2 is 1.82 bits per heavy atom. The fourth-order valence-electron chi connectivity index (χ4n) is 4.70. The Kier molecular flexibility index (Phi) is 6.58. The highest BCUT2D eigenvalue weighted by molar-refractivity contribution is 5.94. The molecule has 0 saturated heterocycles. The van der Waals surface area contributed by atoms with Crippen molar-refractivity contribution in [3.05, 3.63) is 63.9 Å². The third kappa shape index (κ3) is 4.82. The van der Waals surface area contributed by atoms with E-state index < -0.39 is 5.56 Å². The molecule has 0 unspecified atom stereocenters. The summed E-state index contributed by atoms with van der Waals surface area (Å²) in [6.07, 6.45) is 4.88. The molecule has 4 rings (SSSR count). The molecule has 1 fully saturated rings. The van der Waals surface area contributed by atoms with Crippen molar-refractivity contribution >= 4 is 34.4 Å². The van der Waals surface area contributed by atoms with Crippen molar-refractivity contribution in [2.75, 3.05) is 10.2 Å². The Hall–Kier alpha value is -3.48. The number of amides is 2. The fourth-order valence-corrected chi connectivity index (χ4v) is 4.70. The van der Waals surface area contributed by atoms with Crippen LogP contribution in [0.25, 0.3) is 11.0 Å². The highest BCUT2D eigenvalue weighted by atomic mass is 16.2. The van der Waals surface area contributed by atoms with E-state index in [9.17, 15) is 14.4 Å². The van der Waals surface area contributed by atoms with Crippen molar-refractivity contribution in [1.82, 2.24) is 9.55 Å². The number of anilines is 2. The number of para-hydroxylation sites is 2. The smallest absolute Gasteiger partial charge is 0.294 e. The van der Waals surface area contributed by atoms with Crippen molar-refractivity contribution in [2.24, 2.45) is 0 Å². The maximum absolute atomic E-state index is 13.6. The number of benzene rings is 2. The van der Waals surface area contributed by atoms with Crippen LogP contribution in [-0.2, 0) is 16.1 Å². The topological polar surface area (TPSA) is 84.3 Å². The SMILES string of the molecule is CC(=O)N(c1nc2ccccc2n(CC(=O)Nc2ccc(C)cc2C)c1=O)C1CCCCC1.